The second-order valence-electron chi connectivity index (χ2n) is 5.90. The van der Waals surface area contributed by atoms with E-state index in [0.717, 1.165) is 12.8 Å². The molecule has 0 aliphatic carbocycles. The molecule has 0 amide bonds. The van der Waals surface area contributed by atoms with Gasteiger partial charge in [0, 0.05) is 13.3 Å². The third-order valence-electron chi connectivity index (χ3n) is 2.69. The van der Waals surface area contributed by atoms with Crippen LogP contribution in [0.3, 0.4) is 0 Å². The molecule has 0 saturated carbocycles. The van der Waals surface area contributed by atoms with Crippen LogP contribution in [0.25, 0.3) is 0 Å². The molecule has 0 saturated heterocycles. The lowest BCUT2D eigenvalue weighted by Gasteiger charge is -2.10. The third kappa shape index (κ3) is 13.1. The Hall–Kier alpha value is -1.64. The second kappa shape index (κ2) is 11.1. The van der Waals surface area contributed by atoms with Gasteiger partial charge in [0.2, 0.25) is 0 Å². The number of carbonyl (C=O) groups is 2. The van der Waals surface area contributed by atoms with Crippen LogP contribution in [0.5, 0.6) is 0 Å². The minimum Gasteiger partial charge on any atom is -0.466 e. The van der Waals surface area contributed by atoms with Crippen LogP contribution in [0, 0.1) is 11.8 Å². The van der Waals surface area contributed by atoms with Gasteiger partial charge >= 0.3 is 5.97 Å². The van der Waals surface area contributed by atoms with Crippen molar-refractivity contribution in [3.63, 3.8) is 0 Å². The molecule has 118 valence electrons. The Morgan fingerprint density at radius 1 is 1.05 bits per heavy atom. The maximum atomic E-state index is 10.6. The van der Waals surface area contributed by atoms with Crippen molar-refractivity contribution in [2.75, 3.05) is 6.61 Å². The summed E-state index contributed by atoms with van der Waals surface area (Å²) < 4.78 is 4.94. The van der Waals surface area contributed by atoms with Gasteiger partial charge in [0.25, 0.3) is 0 Å². The molecule has 0 N–H and O–H groups in total. The third-order valence-corrected chi connectivity index (χ3v) is 2.69. The SMILES string of the molecule is CC(=O)CC(C)C.CC(=O)OCC(C)Cc1ccccc1. The highest BCUT2D eigenvalue weighted by Gasteiger charge is 2.04. The van der Waals surface area contributed by atoms with Crippen molar-refractivity contribution in [2.24, 2.45) is 11.8 Å². The van der Waals surface area contributed by atoms with E-state index in [0.29, 0.717) is 18.4 Å². The van der Waals surface area contributed by atoms with E-state index in [2.05, 4.69) is 19.1 Å². The number of rotatable bonds is 6. The maximum Gasteiger partial charge on any atom is 0.302 e. The summed E-state index contributed by atoms with van der Waals surface area (Å²) >= 11 is 0. The first-order chi connectivity index (χ1) is 9.81. The lowest BCUT2D eigenvalue weighted by Crippen LogP contribution is -2.11. The van der Waals surface area contributed by atoms with Gasteiger partial charge in [0.15, 0.2) is 0 Å². The minimum absolute atomic E-state index is 0.204. The normalized spacial score (nSPS) is 11.3. The zero-order valence-corrected chi connectivity index (χ0v) is 13.9. The molecule has 1 unspecified atom stereocenters. The molecule has 0 fully saturated rings. The van der Waals surface area contributed by atoms with E-state index in [4.69, 9.17) is 4.74 Å². The van der Waals surface area contributed by atoms with E-state index in [1.54, 1.807) is 6.92 Å². The number of ketones is 1. The van der Waals surface area contributed by atoms with E-state index in [1.807, 2.05) is 32.0 Å². The minimum atomic E-state index is -0.204. The van der Waals surface area contributed by atoms with Gasteiger partial charge in [-0.1, -0.05) is 51.1 Å². The Morgan fingerprint density at radius 3 is 2.00 bits per heavy atom. The quantitative estimate of drug-likeness (QED) is 0.743. The summed E-state index contributed by atoms with van der Waals surface area (Å²) in [6.07, 6.45) is 1.67. The van der Waals surface area contributed by atoms with Gasteiger partial charge in [0.05, 0.1) is 6.61 Å². The van der Waals surface area contributed by atoms with Crippen molar-refractivity contribution >= 4 is 11.8 Å². The first-order valence-corrected chi connectivity index (χ1v) is 7.48. The van der Waals surface area contributed by atoms with Gasteiger partial charge in [-0.15, -0.1) is 0 Å². The van der Waals surface area contributed by atoms with Crippen LogP contribution in [-0.4, -0.2) is 18.4 Å². The number of carbonyl (C=O) groups excluding carboxylic acids is 2. The van der Waals surface area contributed by atoms with Crippen LogP contribution in [0.4, 0.5) is 0 Å². The van der Waals surface area contributed by atoms with Crippen LogP contribution in [0.2, 0.25) is 0 Å². The van der Waals surface area contributed by atoms with Crippen LogP contribution >= 0.6 is 0 Å². The molecule has 3 nitrogen and oxygen atoms in total. The molecular formula is C18H28O3. The summed E-state index contributed by atoms with van der Waals surface area (Å²) in [5, 5.41) is 0. The molecule has 1 rings (SSSR count). The molecular weight excluding hydrogens is 264 g/mol. The van der Waals surface area contributed by atoms with Crippen LogP contribution in [0.15, 0.2) is 30.3 Å². The van der Waals surface area contributed by atoms with Gasteiger partial charge in [0.1, 0.15) is 5.78 Å². The average Bonchev–Trinajstić information content (AvgIpc) is 2.36. The van der Waals surface area contributed by atoms with E-state index in [-0.39, 0.29) is 11.8 Å². The number of benzene rings is 1. The fourth-order valence-electron chi connectivity index (χ4n) is 1.91. The van der Waals surface area contributed by atoms with Gasteiger partial charge < -0.3 is 9.53 Å². The molecule has 0 aliphatic rings. The smallest absolute Gasteiger partial charge is 0.302 e. The molecule has 0 bridgehead atoms. The highest BCUT2D eigenvalue weighted by Crippen LogP contribution is 2.08. The summed E-state index contributed by atoms with van der Waals surface area (Å²) in [6, 6.07) is 10.2. The van der Waals surface area contributed by atoms with Gasteiger partial charge in [-0.05, 0) is 30.7 Å². The Balaban J connectivity index is 0.000000486. The zero-order chi connectivity index (χ0) is 16.3. The molecule has 21 heavy (non-hydrogen) atoms. The van der Waals surface area contributed by atoms with E-state index >= 15 is 0 Å². The Labute approximate surface area is 128 Å². The summed E-state index contributed by atoms with van der Waals surface area (Å²) in [4.78, 5) is 20.8. The Bertz CT molecular complexity index is 410. The fraction of sp³-hybridized carbons (Fsp3) is 0.556. The Morgan fingerprint density at radius 2 is 1.62 bits per heavy atom. The van der Waals surface area contributed by atoms with Crippen LogP contribution in [0.1, 0.15) is 46.6 Å². The van der Waals surface area contributed by atoms with Crippen molar-refractivity contribution < 1.29 is 14.3 Å². The summed E-state index contributed by atoms with van der Waals surface area (Å²) in [5.74, 6) is 0.985. The lowest BCUT2D eigenvalue weighted by molar-refractivity contribution is -0.142. The van der Waals surface area contributed by atoms with Crippen molar-refractivity contribution in [1.82, 2.24) is 0 Å². The first-order valence-electron chi connectivity index (χ1n) is 7.48. The second-order valence-corrected chi connectivity index (χ2v) is 5.90. The number of Topliss-reactive ketones (excluding diaryl/α,β-unsaturated/α-hetero) is 1. The molecule has 0 spiro atoms. The van der Waals surface area contributed by atoms with Gasteiger partial charge in [-0.25, -0.2) is 0 Å². The number of hydrogen-bond donors (Lipinski definition) is 0. The van der Waals surface area contributed by atoms with Gasteiger partial charge in [-0.2, -0.15) is 0 Å². The Kier molecular flexibility index (Phi) is 10.2. The fourth-order valence-corrected chi connectivity index (χ4v) is 1.91. The standard InChI is InChI=1S/C12H16O2.C6H12O/c1-10(9-14-11(2)13)8-12-6-4-3-5-7-12;1-5(2)4-6(3)7/h3-7,10H,8-9H2,1-2H3;5H,4H2,1-3H3. The van der Waals surface area contributed by atoms with Crippen LogP contribution < -0.4 is 0 Å². The summed E-state index contributed by atoms with van der Waals surface area (Å²) in [5.41, 5.74) is 1.28. The predicted octanol–water partition coefficient (Wildman–Crippen LogP) is 4.05. The van der Waals surface area contributed by atoms with Crippen molar-refractivity contribution in [1.29, 1.82) is 0 Å². The van der Waals surface area contributed by atoms with Crippen molar-refractivity contribution in [3.05, 3.63) is 35.9 Å². The van der Waals surface area contributed by atoms with Crippen molar-refractivity contribution in [2.45, 2.75) is 47.5 Å². The number of hydrogen-bond acceptors (Lipinski definition) is 3. The molecule has 0 aliphatic heterocycles. The number of ether oxygens (including phenoxy) is 1. The van der Waals surface area contributed by atoms with Gasteiger partial charge in [-0.3, -0.25) is 4.79 Å². The topological polar surface area (TPSA) is 43.4 Å². The van der Waals surface area contributed by atoms with Crippen LogP contribution in [-0.2, 0) is 20.7 Å². The average molecular weight is 292 g/mol. The molecule has 1 atom stereocenters. The predicted molar refractivity (Wildman–Crippen MR) is 86.1 cm³/mol. The summed E-state index contributed by atoms with van der Waals surface area (Å²) in [6.45, 7) is 9.73. The van der Waals surface area contributed by atoms with E-state index < -0.39 is 0 Å². The molecule has 1 aromatic carbocycles. The zero-order valence-electron chi connectivity index (χ0n) is 13.9. The maximum absolute atomic E-state index is 10.6. The van der Waals surface area contributed by atoms with E-state index in [9.17, 15) is 9.59 Å². The number of esters is 1. The highest BCUT2D eigenvalue weighted by atomic mass is 16.5. The molecule has 0 radical (unpaired) electrons. The summed E-state index contributed by atoms with van der Waals surface area (Å²) in [7, 11) is 0. The first kappa shape index (κ1) is 19.4. The molecule has 1 aromatic rings. The monoisotopic (exact) mass is 292 g/mol. The highest BCUT2D eigenvalue weighted by molar-refractivity contribution is 5.75. The molecule has 0 aromatic heterocycles. The molecule has 3 heteroatoms. The lowest BCUT2D eigenvalue weighted by atomic mass is 10.0. The largest absolute Gasteiger partial charge is 0.466 e. The van der Waals surface area contributed by atoms with Crippen molar-refractivity contribution in [3.8, 4) is 0 Å². The molecule has 0 heterocycles. The van der Waals surface area contributed by atoms with E-state index in [1.165, 1.54) is 12.5 Å².